The smallest absolute Gasteiger partial charge is 0.303 e. The molecule has 1 atom stereocenters. The molecule has 0 radical (unpaired) electrons. The van der Waals surface area contributed by atoms with Crippen LogP contribution >= 0.6 is 0 Å². The standard InChI is InChI=1S/C12H13NO3/c1-7(5-12(14)15)9-3-4-10-11(6-9)16-8(2)13-10/h3-4,6-7H,5H2,1-2H3,(H,14,15). The van der Waals surface area contributed by atoms with Crippen molar-refractivity contribution in [1.82, 2.24) is 4.98 Å². The molecule has 0 saturated carbocycles. The lowest BCUT2D eigenvalue weighted by molar-refractivity contribution is -0.137. The third-order valence-electron chi connectivity index (χ3n) is 2.57. The number of aliphatic carboxylic acids is 1. The second kappa shape index (κ2) is 3.96. The average molecular weight is 219 g/mol. The highest BCUT2D eigenvalue weighted by molar-refractivity contribution is 5.74. The maximum atomic E-state index is 10.6. The minimum atomic E-state index is -0.790. The van der Waals surface area contributed by atoms with Crippen LogP contribution in [0.25, 0.3) is 11.1 Å². The molecular formula is C12H13NO3. The van der Waals surface area contributed by atoms with E-state index in [-0.39, 0.29) is 12.3 Å². The number of hydrogen-bond donors (Lipinski definition) is 1. The fraction of sp³-hybridized carbons (Fsp3) is 0.333. The van der Waals surface area contributed by atoms with Gasteiger partial charge in [-0.05, 0) is 23.6 Å². The Hall–Kier alpha value is -1.84. The third-order valence-corrected chi connectivity index (χ3v) is 2.57. The van der Waals surface area contributed by atoms with Gasteiger partial charge in [-0.2, -0.15) is 0 Å². The molecule has 84 valence electrons. The molecule has 0 spiro atoms. The van der Waals surface area contributed by atoms with Crippen LogP contribution in [0.4, 0.5) is 0 Å². The molecule has 1 N–H and O–H groups in total. The van der Waals surface area contributed by atoms with Crippen LogP contribution in [0.5, 0.6) is 0 Å². The number of carboxylic acids is 1. The Kier molecular flexibility index (Phi) is 2.64. The Morgan fingerprint density at radius 3 is 3.00 bits per heavy atom. The predicted octanol–water partition coefficient (Wildman–Crippen LogP) is 2.71. The van der Waals surface area contributed by atoms with Gasteiger partial charge in [-0.25, -0.2) is 4.98 Å². The summed E-state index contributed by atoms with van der Waals surface area (Å²) in [4.78, 5) is 14.8. The van der Waals surface area contributed by atoms with E-state index in [4.69, 9.17) is 9.52 Å². The molecule has 0 aliphatic carbocycles. The zero-order valence-electron chi connectivity index (χ0n) is 9.23. The molecule has 1 heterocycles. The van der Waals surface area contributed by atoms with Gasteiger partial charge in [-0.1, -0.05) is 13.0 Å². The van der Waals surface area contributed by atoms with Gasteiger partial charge in [0.15, 0.2) is 11.5 Å². The fourth-order valence-electron chi connectivity index (χ4n) is 1.74. The lowest BCUT2D eigenvalue weighted by atomic mass is 9.98. The van der Waals surface area contributed by atoms with E-state index in [1.165, 1.54) is 0 Å². The maximum Gasteiger partial charge on any atom is 0.303 e. The summed E-state index contributed by atoms with van der Waals surface area (Å²) in [5.41, 5.74) is 2.49. The van der Waals surface area contributed by atoms with E-state index in [0.29, 0.717) is 11.5 Å². The summed E-state index contributed by atoms with van der Waals surface area (Å²) < 4.78 is 5.41. The van der Waals surface area contributed by atoms with Crippen LogP contribution in [0.15, 0.2) is 22.6 Å². The van der Waals surface area contributed by atoms with Gasteiger partial charge in [0.1, 0.15) is 5.52 Å². The van der Waals surface area contributed by atoms with E-state index < -0.39 is 5.97 Å². The Balaban J connectivity index is 2.34. The van der Waals surface area contributed by atoms with Crippen molar-refractivity contribution in [3.63, 3.8) is 0 Å². The second-order valence-corrected chi connectivity index (χ2v) is 3.96. The van der Waals surface area contributed by atoms with Gasteiger partial charge in [-0.3, -0.25) is 4.79 Å². The Morgan fingerprint density at radius 2 is 2.31 bits per heavy atom. The van der Waals surface area contributed by atoms with Crippen LogP contribution in [0.2, 0.25) is 0 Å². The number of aromatic nitrogens is 1. The van der Waals surface area contributed by atoms with E-state index in [0.717, 1.165) is 11.1 Å². The van der Waals surface area contributed by atoms with Gasteiger partial charge in [-0.15, -0.1) is 0 Å². The summed E-state index contributed by atoms with van der Waals surface area (Å²) in [6, 6.07) is 5.63. The van der Waals surface area contributed by atoms with Crippen molar-refractivity contribution < 1.29 is 14.3 Å². The molecule has 1 unspecified atom stereocenters. The number of oxazole rings is 1. The van der Waals surface area contributed by atoms with Gasteiger partial charge in [0.05, 0.1) is 6.42 Å². The van der Waals surface area contributed by atoms with Crippen LogP contribution < -0.4 is 0 Å². The van der Waals surface area contributed by atoms with Crippen molar-refractivity contribution >= 4 is 17.1 Å². The molecule has 0 saturated heterocycles. The minimum Gasteiger partial charge on any atom is -0.481 e. The second-order valence-electron chi connectivity index (χ2n) is 3.96. The number of benzene rings is 1. The number of carboxylic acid groups (broad SMARTS) is 1. The van der Waals surface area contributed by atoms with Crippen LogP contribution in [0.1, 0.15) is 30.7 Å². The van der Waals surface area contributed by atoms with Crippen molar-refractivity contribution in [1.29, 1.82) is 0 Å². The molecule has 4 heteroatoms. The topological polar surface area (TPSA) is 63.3 Å². The summed E-state index contributed by atoms with van der Waals surface area (Å²) in [6.45, 7) is 3.68. The largest absolute Gasteiger partial charge is 0.481 e. The number of rotatable bonds is 3. The Bertz CT molecular complexity index is 530. The highest BCUT2D eigenvalue weighted by Gasteiger charge is 2.12. The maximum absolute atomic E-state index is 10.6. The van der Waals surface area contributed by atoms with Crippen LogP contribution in [0.3, 0.4) is 0 Å². The predicted molar refractivity (Wildman–Crippen MR) is 59.4 cm³/mol. The number of nitrogens with zero attached hydrogens (tertiary/aromatic N) is 1. The van der Waals surface area contributed by atoms with Crippen molar-refractivity contribution in [2.24, 2.45) is 0 Å². The molecule has 1 aromatic heterocycles. The first-order chi connectivity index (χ1) is 7.56. The first kappa shape index (κ1) is 10.7. The van der Waals surface area contributed by atoms with E-state index in [2.05, 4.69) is 4.98 Å². The van der Waals surface area contributed by atoms with E-state index in [1.54, 1.807) is 6.92 Å². The first-order valence-electron chi connectivity index (χ1n) is 5.15. The van der Waals surface area contributed by atoms with Gasteiger partial charge in [0, 0.05) is 6.92 Å². The molecular weight excluding hydrogens is 206 g/mol. The SMILES string of the molecule is Cc1nc2ccc(C(C)CC(=O)O)cc2o1. The van der Waals surface area contributed by atoms with Crippen molar-refractivity contribution in [2.75, 3.05) is 0 Å². The molecule has 0 fully saturated rings. The molecule has 1 aromatic carbocycles. The zero-order valence-corrected chi connectivity index (χ0v) is 9.23. The number of hydrogen-bond acceptors (Lipinski definition) is 3. The Morgan fingerprint density at radius 1 is 1.56 bits per heavy atom. The zero-order chi connectivity index (χ0) is 11.7. The molecule has 0 aliphatic rings. The molecule has 2 aromatic rings. The van der Waals surface area contributed by atoms with Gasteiger partial charge >= 0.3 is 5.97 Å². The highest BCUT2D eigenvalue weighted by Crippen LogP contribution is 2.24. The van der Waals surface area contributed by atoms with E-state index in [9.17, 15) is 4.79 Å². The van der Waals surface area contributed by atoms with Crippen LogP contribution in [-0.2, 0) is 4.79 Å². The summed E-state index contributed by atoms with van der Waals surface area (Å²) in [5.74, 6) is -0.188. The molecule has 0 amide bonds. The quantitative estimate of drug-likeness (QED) is 0.862. The van der Waals surface area contributed by atoms with Crippen molar-refractivity contribution in [2.45, 2.75) is 26.2 Å². The van der Waals surface area contributed by atoms with Gasteiger partial charge in [0.25, 0.3) is 0 Å². The van der Waals surface area contributed by atoms with Crippen LogP contribution in [-0.4, -0.2) is 16.1 Å². The molecule has 0 aliphatic heterocycles. The third kappa shape index (κ3) is 2.05. The minimum absolute atomic E-state index is 0.0210. The summed E-state index contributed by atoms with van der Waals surface area (Å²) >= 11 is 0. The lowest BCUT2D eigenvalue weighted by Gasteiger charge is -2.07. The Labute approximate surface area is 92.9 Å². The average Bonchev–Trinajstić information content (AvgIpc) is 2.55. The fourth-order valence-corrected chi connectivity index (χ4v) is 1.74. The molecule has 0 bridgehead atoms. The van der Waals surface area contributed by atoms with E-state index >= 15 is 0 Å². The highest BCUT2D eigenvalue weighted by atomic mass is 16.4. The first-order valence-corrected chi connectivity index (χ1v) is 5.15. The monoisotopic (exact) mass is 219 g/mol. The van der Waals surface area contributed by atoms with Gasteiger partial charge < -0.3 is 9.52 Å². The van der Waals surface area contributed by atoms with E-state index in [1.807, 2.05) is 25.1 Å². The molecule has 4 nitrogen and oxygen atoms in total. The van der Waals surface area contributed by atoms with Crippen LogP contribution in [0, 0.1) is 6.92 Å². The van der Waals surface area contributed by atoms with Gasteiger partial charge in [0.2, 0.25) is 0 Å². The summed E-state index contributed by atoms with van der Waals surface area (Å²) in [5, 5.41) is 8.73. The van der Waals surface area contributed by atoms with Crippen molar-refractivity contribution in [3.8, 4) is 0 Å². The lowest BCUT2D eigenvalue weighted by Crippen LogP contribution is -2.02. The summed E-state index contributed by atoms with van der Waals surface area (Å²) in [7, 11) is 0. The number of carbonyl (C=O) groups is 1. The summed E-state index contributed by atoms with van der Waals surface area (Å²) in [6.07, 6.45) is 0.124. The molecule has 16 heavy (non-hydrogen) atoms. The number of aryl methyl sites for hydroxylation is 1. The van der Waals surface area contributed by atoms with Crippen molar-refractivity contribution in [3.05, 3.63) is 29.7 Å². The molecule has 2 rings (SSSR count). The number of fused-ring (bicyclic) bond motifs is 1. The normalized spacial score (nSPS) is 12.9.